The van der Waals surface area contributed by atoms with E-state index in [1.54, 1.807) is 15.8 Å². The maximum Gasteiger partial charge on any atom is 0.271 e. The highest BCUT2D eigenvalue weighted by molar-refractivity contribution is 7.07. The number of nitrogens with one attached hydrogen (secondary N) is 1. The molecule has 0 aliphatic carbocycles. The van der Waals surface area contributed by atoms with Crippen LogP contribution in [0.1, 0.15) is 29.5 Å². The van der Waals surface area contributed by atoms with Crippen molar-refractivity contribution in [1.29, 1.82) is 0 Å². The second-order valence-corrected chi connectivity index (χ2v) is 6.37. The molecular formula is C15H18FN5O2S. The highest BCUT2D eigenvalue weighted by atomic mass is 32.1. The molecule has 2 atom stereocenters. The van der Waals surface area contributed by atoms with Gasteiger partial charge in [0.25, 0.3) is 5.91 Å². The van der Waals surface area contributed by atoms with Crippen molar-refractivity contribution in [2.45, 2.75) is 31.9 Å². The Hall–Kier alpha value is -2.13. The summed E-state index contributed by atoms with van der Waals surface area (Å²) in [5.74, 6) is -0.611. The second-order valence-electron chi connectivity index (χ2n) is 5.65. The minimum Gasteiger partial charge on any atom is -0.391 e. The van der Waals surface area contributed by atoms with E-state index >= 15 is 0 Å². The van der Waals surface area contributed by atoms with Crippen LogP contribution >= 0.6 is 11.3 Å². The average molecular weight is 351 g/mol. The van der Waals surface area contributed by atoms with Crippen molar-refractivity contribution in [3.8, 4) is 0 Å². The highest BCUT2D eigenvalue weighted by Crippen LogP contribution is 2.22. The van der Waals surface area contributed by atoms with Crippen LogP contribution in [0.15, 0.2) is 17.2 Å². The van der Waals surface area contributed by atoms with Crippen LogP contribution in [-0.2, 0) is 6.42 Å². The molecule has 128 valence electrons. The molecule has 0 spiro atoms. The molecule has 0 saturated carbocycles. The number of amides is 1. The molecule has 3 rings (SSSR count). The topological polar surface area (TPSA) is 91.2 Å². The summed E-state index contributed by atoms with van der Waals surface area (Å²) < 4.78 is 14.5. The number of hydrogen-bond acceptors (Lipinski definition) is 7. The summed E-state index contributed by atoms with van der Waals surface area (Å²) in [4.78, 5) is 25.7. The largest absolute Gasteiger partial charge is 0.391 e. The number of carbonyl (C=O) groups is 1. The van der Waals surface area contributed by atoms with Crippen molar-refractivity contribution >= 4 is 23.1 Å². The van der Waals surface area contributed by atoms with Crippen LogP contribution in [0.5, 0.6) is 0 Å². The lowest BCUT2D eigenvalue weighted by Gasteiger charge is -2.36. The maximum absolute atomic E-state index is 14.5. The van der Waals surface area contributed by atoms with E-state index in [1.807, 2.05) is 6.92 Å². The van der Waals surface area contributed by atoms with Crippen molar-refractivity contribution in [3.05, 3.63) is 34.4 Å². The van der Waals surface area contributed by atoms with Gasteiger partial charge < -0.3 is 15.3 Å². The van der Waals surface area contributed by atoms with Gasteiger partial charge in [-0.25, -0.2) is 19.3 Å². The standard InChI is InChI=1S/C15H18FN5O2S/c1-2-11-13(16)14(18-7-17-11)21-4-9(3-10(22)5-21)20-15(23)12-6-24-8-19-12/h6-10,22H,2-5H2,1H3,(H,20,23)/t9-,10+/m0/s1. The summed E-state index contributed by atoms with van der Waals surface area (Å²) >= 11 is 1.34. The minimum absolute atomic E-state index is 0.161. The number of β-amino-alcohol motifs (C(OH)–C–C–N with tert-alkyl or cyclic N) is 1. The molecule has 0 aromatic carbocycles. The molecule has 1 fully saturated rings. The first-order chi connectivity index (χ1) is 11.6. The third-order valence-corrected chi connectivity index (χ3v) is 4.49. The van der Waals surface area contributed by atoms with E-state index in [9.17, 15) is 14.3 Å². The lowest BCUT2D eigenvalue weighted by Crippen LogP contribution is -2.53. The molecular weight excluding hydrogens is 333 g/mol. The Morgan fingerprint density at radius 3 is 3.00 bits per heavy atom. The van der Waals surface area contributed by atoms with Gasteiger partial charge in [0.15, 0.2) is 11.6 Å². The first-order valence-corrected chi connectivity index (χ1v) is 8.64. The van der Waals surface area contributed by atoms with Gasteiger partial charge >= 0.3 is 0 Å². The molecule has 1 amide bonds. The molecule has 0 unspecified atom stereocenters. The minimum atomic E-state index is -0.682. The quantitative estimate of drug-likeness (QED) is 0.854. The molecule has 2 N–H and O–H groups in total. The zero-order chi connectivity index (χ0) is 17.1. The summed E-state index contributed by atoms with van der Waals surface area (Å²) in [5.41, 5.74) is 2.26. The number of aryl methyl sites for hydroxylation is 1. The Labute approximate surface area is 142 Å². The van der Waals surface area contributed by atoms with Gasteiger partial charge in [-0.2, -0.15) is 0 Å². The van der Waals surface area contributed by atoms with E-state index in [2.05, 4.69) is 20.3 Å². The molecule has 2 aromatic rings. The predicted octanol–water partition coefficient (Wildman–Crippen LogP) is 1.00. The number of aliphatic hydroxyl groups excluding tert-OH is 1. The zero-order valence-corrected chi connectivity index (χ0v) is 14.0. The molecule has 2 aromatic heterocycles. The Kier molecular flexibility index (Phi) is 5.00. The number of rotatable bonds is 4. The van der Waals surface area contributed by atoms with Crippen molar-refractivity contribution in [3.63, 3.8) is 0 Å². The first kappa shape index (κ1) is 16.7. The third kappa shape index (κ3) is 3.51. The summed E-state index contributed by atoms with van der Waals surface area (Å²) in [6.07, 6.45) is 1.50. The van der Waals surface area contributed by atoms with Crippen LogP contribution in [0.25, 0.3) is 0 Å². The monoisotopic (exact) mass is 351 g/mol. The van der Waals surface area contributed by atoms with Gasteiger partial charge in [-0.3, -0.25) is 4.79 Å². The van der Waals surface area contributed by atoms with E-state index < -0.39 is 11.9 Å². The maximum atomic E-state index is 14.5. The van der Waals surface area contributed by atoms with Crippen LogP contribution < -0.4 is 10.2 Å². The van der Waals surface area contributed by atoms with Gasteiger partial charge in [0, 0.05) is 24.5 Å². The Balaban J connectivity index is 1.75. The van der Waals surface area contributed by atoms with Gasteiger partial charge in [-0.1, -0.05) is 6.92 Å². The van der Waals surface area contributed by atoms with E-state index in [0.717, 1.165) is 0 Å². The molecule has 1 aliphatic heterocycles. The number of anilines is 1. The van der Waals surface area contributed by atoms with E-state index in [4.69, 9.17) is 0 Å². The zero-order valence-electron chi connectivity index (χ0n) is 13.1. The fourth-order valence-corrected chi connectivity index (χ4v) is 3.33. The SMILES string of the molecule is CCc1ncnc(N2C[C@H](O)C[C@H](NC(=O)c3cscn3)C2)c1F. The lowest BCUT2D eigenvalue weighted by molar-refractivity contribution is 0.0890. The van der Waals surface area contributed by atoms with Gasteiger partial charge in [0.2, 0.25) is 0 Å². The fraction of sp³-hybridized carbons (Fsp3) is 0.467. The normalized spacial score (nSPS) is 20.9. The fourth-order valence-electron chi connectivity index (χ4n) is 2.80. The van der Waals surface area contributed by atoms with Crippen LogP contribution in [0, 0.1) is 5.82 Å². The van der Waals surface area contributed by atoms with Crippen LogP contribution in [0.2, 0.25) is 0 Å². The molecule has 0 radical (unpaired) electrons. The molecule has 1 saturated heterocycles. The second kappa shape index (κ2) is 7.18. The lowest BCUT2D eigenvalue weighted by atomic mass is 10.0. The van der Waals surface area contributed by atoms with E-state index in [0.29, 0.717) is 30.8 Å². The smallest absolute Gasteiger partial charge is 0.271 e. The number of hydrogen-bond donors (Lipinski definition) is 2. The van der Waals surface area contributed by atoms with Crippen molar-refractivity contribution in [1.82, 2.24) is 20.3 Å². The Morgan fingerprint density at radius 1 is 1.46 bits per heavy atom. The molecule has 24 heavy (non-hydrogen) atoms. The number of piperidine rings is 1. The molecule has 7 nitrogen and oxygen atoms in total. The Morgan fingerprint density at radius 2 is 2.29 bits per heavy atom. The molecule has 1 aliphatic rings. The number of carbonyl (C=O) groups excluding carboxylic acids is 1. The van der Waals surface area contributed by atoms with Crippen molar-refractivity contribution in [2.75, 3.05) is 18.0 Å². The number of nitrogens with zero attached hydrogens (tertiary/aromatic N) is 4. The summed E-state index contributed by atoms with van der Waals surface area (Å²) in [6, 6.07) is -0.317. The van der Waals surface area contributed by atoms with Gasteiger partial charge in [-0.15, -0.1) is 11.3 Å². The van der Waals surface area contributed by atoms with Gasteiger partial charge in [0.05, 0.1) is 17.3 Å². The molecule has 9 heteroatoms. The average Bonchev–Trinajstić information content (AvgIpc) is 3.09. The number of halogens is 1. The third-order valence-electron chi connectivity index (χ3n) is 3.91. The van der Waals surface area contributed by atoms with Crippen molar-refractivity contribution in [2.24, 2.45) is 0 Å². The summed E-state index contributed by atoms with van der Waals surface area (Å²) in [7, 11) is 0. The predicted molar refractivity (Wildman–Crippen MR) is 87.6 cm³/mol. The first-order valence-electron chi connectivity index (χ1n) is 7.70. The molecule has 3 heterocycles. The van der Waals surface area contributed by atoms with E-state index in [-0.39, 0.29) is 24.3 Å². The van der Waals surface area contributed by atoms with Crippen LogP contribution in [-0.4, -0.2) is 51.2 Å². The van der Waals surface area contributed by atoms with Gasteiger partial charge in [0.1, 0.15) is 12.0 Å². The van der Waals surface area contributed by atoms with Crippen LogP contribution in [0.3, 0.4) is 0 Å². The van der Waals surface area contributed by atoms with Gasteiger partial charge in [-0.05, 0) is 12.8 Å². The number of aliphatic hydroxyl groups is 1. The van der Waals surface area contributed by atoms with Crippen LogP contribution in [0.4, 0.5) is 10.2 Å². The Bertz CT molecular complexity index is 712. The summed E-state index contributed by atoms with van der Waals surface area (Å²) in [5, 5.41) is 14.6. The highest BCUT2D eigenvalue weighted by Gasteiger charge is 2.30. The van der Waals surface area contributed by atoms with Crippen molar-refractivity contribution < 1.29 is 14.3 Å². The molecule has 0 bridgehead atoms. The summed E-state index contributed by atoms with van der Waals surface area (Å²) in [6.45, 7) is 2.45. The van der Waals surface area contributed by atoms with E-state index in [1.165, 1.54) is 17.7 Å². The number of thiazole rings is 1. The number of aromatic nitrogens is 3.